The maximum absolute atomic E-state index is 16.5. The predicted molar refractivity (Wildman–Crippen MR) is 236 cm³/mol. The van der Waals surface area contributed by atoms with E-state index in [2.05, 4.69) is 4.98 Å². The average Bonchev–Trinajstić information content (AvgIpc) is 4.15. The van der Waals surface area contributed by atoms with Gasteiger partial charge < -0.3 is 23.7 Å². The maximum Gasteiger partial charge on any atom is 0.411 e. The fourth-order valence-corrected chi connectivity index (χ4v) is 11.5. The van der Waals surface area contributed by atoms with Crippen molar-refractivity contribution >= 4 is 59.2 Å². The van der Waals surface area contributed by atoms with Gasteiger partial charge in [0.05, 0.1) is 21.1 Å². The highest BCUT2D eigenvalue weighted by Crippen LogP contribution is 2.60. The van der Waals surface area contributed by atoms with Crippen LogP contribution in [0.4, 0.5) is 14.0 Å². The Bertz CT molecular complexity index is 2750. The van der Waals surface area contributed by atoms with Crippen molar-refractivity contribution < 1.29 is 56.8 Å². The molecule has 3 aliphatic heterocycles. The molecule has 10 rings (SSSR count). The van der Waals surface area contributed by atoms with E-state index in [1.165, 1.54) is 27.2 Å². The number of piperidine rings is 2. The third-order valence-electron chi connectivity index (χ3n) is 14.1. The number of halogens is 1. The molecule has 2 aromatic heterocycles. The highest BCUT2D eigenvalue weighted by atomic mass is 32.1. The van der Waals surface area contributed by atoms with E-state index < -0.39 is 89.9 Å². The summed E-state index contributed by atoms with van der Waals surface area (Å²) < 4.78 is 47.4. The molecule has 2 saturated heterocycles. The summed E-state index contributed by atoms with van der Waals surface area (Å²) in [5.41, 5.74) is -1.73. The minimum atomic E-state index is -0.916. The number of rotatable bonds is 10. The summed E-state index contributed by atoms with van der Waals surface area (Å²) in [7, 11) is 0. The van der Waals surface area contributed by atoms with Gasteiger partial charge in [0.15, 0.2) is 19.0 Å². The predicted octanol–water partition coefficient (Wildman–Crippen LogP) is 6.56. The van der Waals surface area contributed by atoms with Crippen molar-refractivity contribution in [1.82, 2.24) is 19.4 Å². The number of ketones is 2. The molecule has 5 fully saturated rings. The second kappa shape index (κ2) is 15.2. The molecule has 4 aliphatic carbocycles. The van der Waals surface area contributed by atoms with Gasteiger partial charge in [-0.2, -0.15) is 0 Å². The molecule has 15 nitrogen and oxygen atoms in total. The van der Waals surface area contributed by atoms with Crippen LogP contribution in [-0.2, 0) is 33.3 Å². The number of hydrogen-bond acceptors (Lipinski definition) is 13. The van der Waals surface area contributed by atoms with Crippen molar-refractivity contribution in [2.24, 2.45) is 17.3 Å². The second-order valence-corrected chi connectivity index (χ2v) is 22.7. The first-order valence-corrected chi connectivity index (χ1v) is 23.7. The number of nitrogens with zero attached hydrogens (tertiary/aromatic N) is 4. The van der Waals surface area contributed by atoms with Crippen LogP contribution in [0.1, 0.15) is 133 Å². The van der Waals surface area contributed by atoms with Gasteiger partial charge in [-0.3, -0.25) is 24.0 Å². The number of carbonyl (C=O) groups excluding carboxylic acids is 6. The van der Waals surface area contributed by atoms with Crippen LogP contribution in [0.25, 0.3) is 23.4 Å². The van der Waals surface area contributed by atoms with E-state index in [0.717, 1.165) is 41.6 Å². The molecule has 66 heavy (non-hydrogen) atoms. The number of carbonyl (C=O) groups is 6. The number of hydrogen-bond donors (Lipinski definition) is 0. The lowest BCUT2D eigenvalue weighted by atomic mass is 9.95. The molecular weight excluding hydrogens is 872 g/mol. The molecule has 1 aromatic carbocycles. The van der Waals surface area contributed by atoms with Crippen molar-refractivity contribution in [1.29, 1.82) is 0 Å². The van der Waals surface area contributed by atoms with E-state index in [1.807, 2.05) is 24.5 Å². The average molecular weight is 927 g/mol. The van der Waals surface area contributed by atoms with Gasteiger partial charge in [-0.1, -0.05) is 19.1 Å². The van der Waals surface area contributed by atoms with Crippen molar-refractivity contribution in [2.45, 2.75) is 147 Å². The topological polar surface area (TPSA) is 173 Å². The molecule has 8 atom stereocenters. The number of esters is 2. The molecule has 3 saturated carbocycles. The smallest absolute Gasteiger partial charge is 0.411 e. The summed E-state index contributed by atoms with van der Waals surface area (Å²) in [5, 5.41) is 2.34. The van der Waals surface area contributed by atoms with Gasteiger partial charge in [0, 0.05) is 40.5 Å². The summed E-state index contributed by atoms with van der Waals surface area (Å²) in [6, 6.07) is 2.44. The summed E-state index contributed by atoms with van der Waals surface area (Å²) >= 11 is 1.51. The Morgan fingerprint density at radius 1 is 0.894 bits per heavy atom. The second-order valence-electron chi connectivity index (χ2n) is 21.6. The fourth-order valence-electron chi connectivity index (χ4n) is 10.4. The Morgan fingerprint density at radius 3 is 2.30 bits per heavy atom. The highest BCUT2D eigenvalue weighted by molar-refractivity contribution is 7.11. The molecule has 2 amide bonds. The molecule has 7 aliphatic rings. The SMILES string of the molecule is CC(C)(C)OC(=O)N1C(C(=O)OCC(=O)C2C=c3cc4n(c3=CC2)C(c2cnc(C3CC3)s2)Oc2cc(C(=O)COC(=O)C3CC5CC5(C)N3C(=O)OC(C)(C)C)cc(F)c2-4)CC2(C)CC12. The van der Waals surface area contributed by atoms with E-state index >= 15 is 4.39 Å². The number of Topliss-reactive ketones (excluding diaryl/α,β-unsaturated/α-hetero) is 2. The largest absolute Gasteiger partial charge is 0.464 e. The molecule has 3 aromatic rings. The number of amides is 2. The van der Waals surface area contributed by atoms with E-state index in [4.69, 9.17) is 23.7 Å². The highest BCUT2D eigenvalue weighted by Gasteiger charge is 2.67. The number of likely N-dealkylation sites (tertiary alicyclic amines) is 2. The monoisotopic (exact) mass is 926 g/mol. The van der Waals surface area contributed by atoms with E-state index in [0.29, 0.717) is 35.0 Å². The van der Waals surface area contributed by atoms with Crippen LogP contribution in [0.5, 0.6) is 5.75 Å². The number of aromatic nitrogens is 2. The molecule has 350 valence electrons. The van der Waals surface area contributed by atoms with Gasteiger partial charge >= 0.3 is 24.1 Å². The van der Waals surface area contributed by atoms with E-state index in [1.54, 1.807) is 59.9 Å². The summed E-state index contributed by atoms with van der Waals surface area (Å²) in [6.45, 7) is 13.3. The Balaban J connectivity index is 0.878. The quantitative estimate of drug-likeness (QED) is 0.122. The van der Waals surface area contributed by atoms with Crippen LogP contribution >= 0.6 is 11.3 Å². The maximum atomic E-state index is 16.5. The molecule has 5 heterocycles. The van der Waals surface area contributed by atoms with Crippen LogP contribution in [0.3, 0.4) is 0 Å². The number of ether oxygens (including phenoxy) is 5. The minimum absolute atomic E-state index is 0.0629. The first-order chi connectivity index (χ1) is 31.0. The Kier molecular flexibility index (Phi) is 10.2. The zero-order valence-corrected chi connectivity index (χ0v) is 39.3. The first-order valence-electron chi connectivity index (χ1n) is 22.8. The fraction of sp³-hybridized carbons (Fsp3) is 0.571. The lowest BCUT2D eigenvalue weighted by molar-refractivity contribution is -0.153. The molecule has 8 unspecified atom stereocenters. The summed E-state index contributed by atoms with van der Waals surface area (Å²) in [5.74, 6) is -3.16. The number of thiazole rings is 1. The van der Waals surface area contributed by atoms with Gasteiger partial charge in [-0.05, 0) is 128 Å². The molecular formula is C49H55FN4O11S. The lowest BCUT2D eigenvalue weighted by Crippen LogP contribution is -2.50. The molecule has 0 spiro atoms. The molecule has 17 heteroatoms. The van der Waals surface area contributed by atoms with Crippen LogP contribution in [0.15, 0.2) is 24.4 Å². The zero-order chi connectivity index (χ0) is 47.0. The van der Waals surface area contributed by atoms with Gasteiger partial charge in [-0.25, -0.2) is 28.6 Å². The number of fused-ring (bicyclic) bond motifs is 7. The van der Waals surface area contributed by atoms with Crippen LogP contribution < -0.4 is 15.3 Å². The normalized spacial score (nSPS) is 28.8. The van der Waals surface area contributed by atoms with Crippen LogP contribution in [0.2, 0.25) is 0 Å². The van der Waals surface area contributed by atoms with Gasteiger partial charge in [-0.15, -0.1) is 11.3 Å². The molecule has 0 radical (unpaired) electrons. The van der Waals surface area contributed by atoms with Crippen molar-refractivity contribution in [3.63, 3.8) is 0 Å². The zero-order valence-electron chi connectivity index (χ0n) is 38.4. The standard InChI is InChI=1S/C49H55FN4O11S/c1-46(2,3)64-44(59)53-33(19-48(7)20-38(48)53)43(58)62-22-34(55)25-11-12-30-26(13-25)15-31-39-29(50)14-27(16-36(39)63-41(52(30)31)37-21-51-40(66-37)24-9-10-24)35(56)23-61-42(57)32-17-28-18-49(28,8)54(32)45(60)65-47(4,5)6/h12-16,21,24-25,28,32-33,38,41H,9-11,17-20,22-23H2,1-8H3. The molecule has 0 N–H and O–H groups in total. The Labute approximate surface area is 385 Å². The van der Waals surface area contributed by atoms with Crippen LogP contribution in [0, 0.1) is 23.1 Å². The van der Waals surface area contributed by atoms with E-state index in [-0.39, 0.29) is 46.5 Å². The minimum Gasteiger partial charge on any atom is -0.464 e. The Morgan fingerprint density at radius 2 is 1.59 bits per heavy atom. The van der Waals surface area contributed by atoms with Crippen molar-refractivity contribution in [3.8, 4) is 17.0 Å². The van der Waals surface area contributed by atoms with Gasteiger partial charge in [0.25, 0.3) is 0 Å². The van der Waals surface area contributed by atoms with Crippen molar-refractivity contribution in [2.75, 3.05) is 13.2 Å². The third kappa shape index (κ3) is 7.87. The summed E-state index contributed by atoms with van der Waals surface area (Å²) in [6.07, 6.45) is 8.16. The first kappa shape index (κ1) is 44.3. The number of benzene rings is 1. The van der Waals surface area contributed by atoms with Gasteiger partial charge in [0.2, 0.25) is 12.0 Å². The molecule has 0 bridgehead atoms. The van der Waals surface area contributed by atoms with E-state index in [9.17, 15) is 28.8 Å². The summed E-state index contributed by atoms with van der Waals surface area (Å²) in [4.78, 5) is 88.9. The Hall–Kier alpha value is -5.58. The lowest BCUT2D eigenvalue weighted by Gasteiger charge is -2.33. The van der Waals surface area contributed by atoms with Crippen molar-refractivity contribution in [3.05, 3.63) is 56.2 Å². The third-order valence-corrected chi connectivity index (χ3v) is 15.3. The van der Waals surface area contributed by atoms with Crippen LogP contribution in [-0.4, -0.2) is 103 Å². The van der Waals surface area contributed by atoms with Gasteiger partial charge in [0.1, 0.15) is 34.9 Å².